The highest BCUT2D eigenvalue weighted by Crippen LogP contribution is 2.32. The first-order chi connectivity index (χ1) is 34.6. The number of likely N-dealkylation sites (tertiary alicyclic amines) is 2. The maximum Gasteiger partial charge on any atom is 0.407 e. The van der Waals surface area contributed by atoms with Crippen LogP contribution >= 0.6 is 136 Å². The van der Waals surface area contributed by atoms with Crippen molar-refractivity contribution in [2.24, 2.45) is 29.4 Å². The lowest BCUT2D eigenvalue weighted by atomic mass is 9.85. The third-order valence-electron chi connectivity index (χ3n) is 11.8. The molecule has 3 saturated carbocycles. The van der Waals surface area contributed by atoms with Crippen molar-refractivity contribution in [1.82, 2.24) is 25.8 Å². The standard InChI is InChI=1S/C15H27FN2O2.C12H21NO3.C10H19FN2.C4H7I3.C4H8I2.C4H9I.C4H9N.C2H4O2/c1-15(2,3)20-14(19)17-13-6-4-11(5-7-13)8-18-9-12(16)10-18;1-12(2,3)16-11(15)13-10-6-4-9(8-14)5-7-10;11-9-6-13(7-9)5-8-1-3-10(12)4-2-8;1-4(2,7)3(5)6;1-4(2,6)3-5;1-4(2,3)5;1-4-2-5-3-4;1-2(3)4/h11-13H,4-10H2,1-3H3,(H,17,19);8-10H,4-7H2,1-3H3,(H,13,15);8-10H,1-7,12H2;3H,1-2H3;3H2,1-2H3;1-3H3;4-5H,2-3H2,1H3;1H3,(H,3,4). The van der Waals surface area contributed by atoms with Gasteiger partial charge in [0.25, 0.3) is 5.97 Å². The van der Waals surface area contributed by atoms with Crippen LogP contribution in [0.2, 0.25) is 0 Å². The lowest BCUT2D eigenvalue weighted by Crippen LogP contribution is -2.50. The molecule has 0 radical (unpaired) electrons. The van der Waals surface area contributed by atoms with Crippen LogP contribution in [-0.4, -0.2) is 150 Å². The molecule has 6 rings (SSSR count). The molecule has 6 aliphatic rings. The van der Waals surface area contributed by atoms with Crippen LogP contribution in [0.5, 0.6) is 0 Å². The number of ether oxygens (including phenoxy) is 2. The number of alkyl halides is 8. The second-order valence-corrected chi connectivity index (χ2v) is 39.8. The van der Waals surface area contributed by atoms with Crippen molar-refractivity contribution < 1.29 is 42.5 Å². The van der Waals surface area contributed by atoms with Crippen molar-refractivity contribution >= 4 is 160 Å². The van der Waals surface area contributed by atoms with E-state index < -0.39 is 29.5 Å². The van der Waals surface area contributed by atoms with Gasteiger partial charge in [-0.05, 0) is 163 Å². The van der Waals surface area contributed by atoms with Crippen molar-refractivity contribution in [2.45, 2.75) is 235 Å². The minimum Gasteiger partial charge on any atom is -0.481 e. The van der Waals surface area contributed by atoms with Crippen molar-refractivity contribution in [1.29, 1.82) is 0 Å². The molecule has 3 heterocycles. The summed E-state index contributed by atoms with van der Waals surface area (Å²) in [4.78, 5) is 47.2. The zero-order valence-corrected chi connectivity index (χ0v) is 62.0. The first kappa shape index (κ1) is 79.8. The number of alkyl carbamates (subject to hydrolysis) is 2. The summed E-state index contributed by atoms with van der Waals surface area (Å²) < 4.78 is 39.1. The Morgan fingerprint density at radius 3 is 1.16 bits per heavy atom. The Morgan fingerprint density at radius 2 is 0.947 bits per heavy atom. The van der Waals surface area contributed by atoms with Crippen molar-refractivity contribution in [3.63, 3.8) is 0 Å². The van der Waals surface area contributed by atoms with Gasteiger partial charge in [-0.25, -0.2) is 18.4 Å². The zero-order valence-electron chi connectivity index (χ0n) is 49.1. The van der Waals surface area contributed by atoms with E-state index in [4.69, 9.17) is 25.1 Å². The quantitative estimate of drug-likeness (QED) is 0.0844. The predicted molar refractivity (Wildman–Crippen MR) is 365 cm³/mol. The van der Waals surface area contributed by atoms with Gasteiger partial charge in [0.15, 0.2) is 0 Å². The fourth-order valence-electron chi connectivity index (χ4n) is 7.68. The van der Waals surface area contributed by atoms with Gasteiger partial charge in [-0.1, -0.05) is 177 Å². The van der Waals surface area contributed by atoms with Gasteiger partial charge >= 0.3 is 12.2 Å². The number of halogens is 8. The van der Waals surface area contributed by atoms with Crippen molar-refractivity contribution in [2.75, 3.05) is 56.8 Å². The van der Waals surface area contributed by atoms with Crippen LogP contribution in [0.4, 0.5) is 18.4 Å². The Kier molecular flexibility index (Phi) is 43.0. The lowest BCUT2D eigenvalue weighted by Gasteiger charge is -2.39. The van der Waals surface area contributed by atoms with E-state index in [1.807, 2.05) is 41.5 Å². The molecule has 6 fully saturated rings. The first-order valence-electron chi connectivity index (χ1n) is 27.3. The summed E-state index contributed by atoms with van der Waals surface area (Å²) in [5.41, 5.74) is 4.93. The van der Waals surface area contributed by atoms with Gasteiger partial charge in [0.05, 0.1) is 1.93 Å². The molecule has 0 bridgehead atoms. The predicted octanol–water partition coefficient (Wildman–Crippen LogP) is 14.7. The Balaban J connectivity index is 0. The van der Waals surface area contributed by atoms with Gasteiger partial charge in [-0.15, -0.1) is 0 Å². The monoisotopic (exact) mass is 1760 g/mol. The first-order valence-corrected chi connectivity index (χ1v) is 34.6. The maximum atomic E-state index is 12.8. The van der Waals surface area contributed by atoms with E-state index >= 15 is 0 Å². The van der Waals surface area contributed by atoms with Crippen molar-refractivity contribution in [3.8, 4) is 0 Å². The number of carboxylic acid groups (broad SMARTS) is 1. The molecule has 0 spiro atoms. The van der Waals surface area contributed by atoms with Gasteiger partial charge < -0.3 is 41.1 Å². The SMILES string of the molecule is CC(=O)O.CC(C)(C)I.CC(C)(C)OC(=O)NC1CCC(C=O)CC1.CC(C)(C)OC(=O)NC1CCC(CN2CC(F)C2)CC1.CC(C)(I)C(I)I.CC(C)(I)CI.CC1CNC1.NC1CCC(CN2CC(F)C2)CC1. The van der Waals surface area contributed by atoms with E-state index in [2.05, 4.69) is 217 Å². The molecule has 3 aliphatic heterocycles. The molecule has 0 atom stereocenters. The minimum absolute atomic E-state index is 0.158. The number of carboxylic acids is 1. The molecule has 452 valence electrons. The molecule has 0 aromatic carbocycles. The number of amides is 2. The second-order valence-electron chi connectivity index (χ2n) is 25.2. The van der Waals surface area contributed by atoms with E-state index in [1.165, 1.54) is 30.4 Å². The number of carbonyl (C=O) groups excluding carboxylic acids is 3. The molecule has 6 N–H and O–H groups in total. The summed E-state index contributed by atoms with van der Waals surface area (Å²) in [5.74, 6) is 1.73. The van der Waals surface area contributed by atoms with Crippen LogP contribution in [0.3, 0.4) is 0 Å². The molecular formula is C55H104F2I6N6O7. The number of hydrogen-bond donors (Lipinski definition) is 5. The van der Waals surface area contributed by atoms with Gasteiger partial charge in [-0.3, -0.25) is 14.6 Å². The number of nitrogens with two attached hydrogens (primary N) is 1. The molecule has 2 amide bonds. The smallest absolute Gasteiger partial charge is 0.407 e. The molecular weight excluding hydrogens is 1660 g/mol. The third kappa shape index (κ3) is 51.4. The summed E-state index contributed by atoms with van der Waals surface area (Å²) in [7, 11) is 0. The number of carbonyl (C=O) groups is 4. The summed E-state index contributed by atoms with van der Waals surface area (Å²) in [6.07, 6.45) is 11.7. The molecule has 0 unspecified atom stereocenters. The van der Waals surface area contributed by atoms with E-state index in [0.717, 1.165) is 104 Å². The molecule has 0 aromatic rings. The van der Waals surface area contributed by atoms with Crippen LogP contribution in [0.25, 0.3) is 0 Å². The Hall–Kier alpha value is 1.76. The number of aliphatic carboxylic acids is 1. The van der Waals surface area contributed by atoms with Gasteiger partial charge in [0, 0.05) is 84.9 Å². The largest absolute Gasteiger partial charge is 0.481 e. The van der Waals surface area contributed by atoms with Gasteiger partial charge in [0.1, 0.15) is 29.8 Å². The van der Waals surface area contributed by atoms with Crippen molar-refractivity contribution in [3.05, 3.63) is 0 Å². The number of rotatable bonds is 9. The fraction of sp³-hybridized carbons (Fsp3) is 0.927. The molecule has 76 heavy (non-hydrogen) atoms. The highest BCUT2D eigenvalue weighted by atomic mass is 127. The average Bonchev–Trinajstić information content (AvgIpc) is 3.22. The molecule has 3 aliphatic carbocycles. The summed E-state index contributed by atoms with van der Waals surface area (Å²) in [6, 6.07) is 0.819. The Bertz CT molecular complexity index is 1530. The Morgan fingerprint density at radius 1 is 0.671 bits per heavy atom. The van der Waals surface area contributed by atoms with Crippen LogP contribution in [0, 0.1) is 23.7 Å². The average molecular weight is 1760 g/mol. The number of nitrogens with one attached hydrogen (secondary N) is 3. The minimum atomic E-state index is -0.833. The van der Waals surface area contributed by atoms with E-state index in [9.17, 15) is 23.2 Å². The highest BCUT2D eigenvalue weighted by Gasteiger charge is 2.32. The highest BCUT2D eigenvalue weighted by molar-refractivity contribution is 14.2. The summed E-state index contributed by atoms with van der Waals surface area (Å²) in [6.45, 7) is 37.0. The molecule has 3 saturated heterocycles. The maximum absolute atomic E-state index is 12.8. The number of hydrogen-bond acceptors (Lipinski definition) is 10. The lowest BCUT2D eigenvalue weighted by molar-refractivity contribution is -0.134. The second kappa shape index (κ2) is 40.9. The summed E-state index contributed by atoms with van der Waals surface area (Å²) >= 11 is 14.5. The van der Waals surface area contributed by atoms with Crippen LogP contribution in [0.15, 0.2) is 0 Å². The van der Waals surface area contributed by atoms with Gasteiger partial charge in [-0.2, -0.15) is 0 Å². The van der Waals surface area contributed by atoms with Crippen LogP contribution in [-0.2, 0) is 19.1 Å². The molecule has 0 aromatic heterocycles. The fourth-order valence-corrected chi connectivity index (χ4v) is 7.68. The number of nitrogens with zero attached hydrogens (tertiary/aromatic N) is 2. The van der Waals surface area contributed by atoms with Crippen LogP contribution < -0.4 is 21.7 Å². The third-order valence-corrected chi connectivity index (χ3v) is 21.7. The van der Waals surface area contributed by atoms with Gasteiger partial charge in [0.2, 0.25) is 0 Å². The molecule has 13 nitrogen and oxygen atoms in total. The topological polar surface area (TPSA) is 176 Å². The van der Waals surface area contributed by atoms with Crippen LogP contribution in [0.1, 0.15) is 181 Å². The summed E-state index contributed by atoms with van der Waals surface area (Å²) in [5, 5.41) is 16.4. The zero-order chi connectivity index (χ0) is 59.3. The van der Waals surface area contributed by atoms with E-state index in [-0.39, 0.29) is 30.2 Å². The van der Waals surface area contributed by atoms with E-state index in [0.29, 0.717) is 48.4 Å². The normalized spacial score (nSPS) is 24.4. The molecule has 21 heteroatoms. The Labute approximate surface area is 543 Å². The van der Waals surface area contributed by atoms with E-state index in [1.54, 1.807) is 0 Å². The number of aldehydes is 1.